The SMILES string of the molecule is CCNCc1cnc(N2CCC(O)C2)c(C)c1. The van der Waals surface area contributed by atoms with E-state index >= 15 is 0 Å². The van der Waals surface area contributed by atoms with E-state index in [1.54, 1.807) is 0 Å². The zero-order valence-electron chi connectivity index (χ0n) is 10.6. The molecule has 1 atom stereocenters. The van der Waals surface area contributed by atoms with Crippen LogP contribution in [0.2, 0.25) is 0 Å². The van der Waals surface area contributed by atoms with E-state index in [1.165, 1.54) is 11.1 Å². The Bertz CT molecular complexity index is 381. The van der Waals surface area contributed by atoms with Crippen LogP contribution in [0.1, 0.15) is 24.5 Å². The van der Waals surface area contributed by atoms with Gasteiger partial charge in [0.15, 0.2) is 0 Å². The smallest absolute Gasteiger partial charge is 0.131 e. The van der Waals surface area contributed by atoms with Crippen LogP contribution in [0.5, 0.6) is 0 Å². The number of anilines is 1. The molecule has 17 heavy (non-hydrogen) atoms. The summed E-state index contributed by atoms with van der Waals surface area (Å²) in [6.45, 7) is 7.64. The lowest BCUT2D eigenvalue weighted by Gasteiger charge is -2.19. The predicted molar refractivity (Wildman–Crippen MR) is 69.2 cm³/mol. The van der Waals surface area contributed by atoms with Crippen LogP contribution >= 0.6 is 0 Å². The van der Waals surface area contributed by atoms with Gasteiger partial charge in [-0.3, -0.25) is 0 Å². The van der Waals surface area contributed by atoms with Crippen LogP contribution in [0.4, 0.5) is 5.82 Å². The normalized spacial score (nSPS) is 19.9. The van der Waals surface area contributed by atoms with Crippen molar-refractivity contribution in [3.05, 3.63) is 23.4 Å². The fourth-order valence-electron chi connectivity index (χ4n) is 2.26. The minimum absolute atomic E-state index is 0.197. The molecule has 2 heterocycles. The Morgan fingerprint density at radius 1 is 1.59 bits per heavy atom. The summed E-state index contributed by atoms with van der Waals surface area (Å²) < 4.78 is 0. The van der Waals surface area contributed by atoms with Crippen LogP contribution < -0.4 is 10.2 Å². The highest BCUT2D eigenvalue weighted by atomic mass is 16.3. The first-order valence-corrected chi connectivity index (χ1v) is 6.30. The number of rotatable bonds is 4. The summed E-state index contributed by atoms with van der Waals surface area (Å²) in [5.41, 5.74) is 2.40. The monoisotopic (exact) mass is 235 g/mol. The van der Waals surface area contributed by atoms with E-state index in [4.69, 9.17) is 0 Å². The van der Waals surface area contributed by atoms with Crippen molar-refractivity contribution < 1.29 is 5.11 Å². The number of aliphatic hydroxyl groups is 1. The molecule has 0 spiro atoms. The van der Waals surface area contributed by atoms with Crippen molar-refractivity contribution in [3.63, 3.8) is 0 Å². The molecule has 0 radical (unpaired) electrons. The Morgan fingerprint density at radius 3 is 3.00 bits per heavy atom. The minimum Gasteiger partial charge on any atom is -0.391 e. The third-order valence-corrected chi connectivity index (χ3v) is 3.15. The summed E-state index contributed by atoms with van der Waals surface area (Å²) in [4.78, 5) is 6.69. The largest absolute Gasteiger partial charge is 0.391 e. The second-order valence-electron chi connectivity index (χ2n) is 4.65. The van der Waals surface area contributed by atoms with Crippen LogP contribution in [0, 0.1) is 6.92 Å². The summed E-state index contributed by atoms with van der Waals surface area (Å²) >= 11 is 0. The molecule has 1 aliphatic rings. The third kappa shape index (κ3) is 2.96. The van der Waals surface area contributed by atoms with Crippen LogP contribution in [0.25, 0.3) is 0 Å². The number of β-amino-alcohol motifs (C(OH)–C–C–N with tert-alkyl or cyclic N) is 1. The quantitative estimate of drug-likeness (QED) is 0.819. The number of aryl methyl sites for hydroxylation is 1. The highest BCUT2D eigenvalue weighted by Gasteiger charge is 2.22. The zero-order chi connectivity index (χ0) is 12.3. The van der Waals surface area contributed by atoms with Crippen LogP contribution in [0.15, 0.2) is 12.3 Å². The molecule has 4 heteroatoms. The summed E-state index contributed by atoms with van der Waals surface area (Å²) in [5.74, 6) is 1.02. The minimum atomic E-state index is -0.197. The maximum atomic E-state index is 9.54. The average molecular weight is 235 g/mol. The van der Waals surface area contributed by atoms with Gasteiger partial charge in [-0.15, -0.1) is 0 Å². The van der Waals surface area contributed by atoms with Gasteiger partial charge in [0.25, 0.3) is 0 Å². The highest BCUT2D eigenvalue weighted by Crippen LogP contribution is 2.22. The fourth-order valence-corrected chi connectivity index (χ4v) is 2.26. The lowest BCUT2D eigenvalue weighted by Crippen LogP contribution is -2.23. The summed E-state index contributed by atoms with van der Waals surface area (Å²) in [6.07, 6.45) is 2.58. The van der Waals surface area contributed by atoms with Gasteiger partial charge in [0, 0.05) is 25.8 Å². The van der Waals surface area contributed by atoms with Gasteiger partial charge in [0.2, 0.25) is 0 Å². The molecule has 1 unspecified atom stereocenters. The fraction of sp³-hybridized carbons (Fsp3) is 0.615. The first-order chi connectivity index (χ1) is 8.20. The number of hydrogen-bond acceptors (Lipinski definition) is 4. The Labute approximate surface area is 103 Å². The standard InChI is InChI=1S/C13H21N3O/c1-3-14-7-11-6-10(2)13(15-8-11)16-5-4-12(17)9-16/h6,8,12,14,17H,3-5,7,9H2,1-2H3. The van der Waals surface area contributed by atoms with Gasteiger partial charge in [-0.1, -0.05) is 6.92 Å². The Morgan fingerprint density at radius 2 is 2.41 bits per heavy atom. The molecular formula is C13H21N3O. The lowest BCUT2D eigenvalue weighted by molar-refractivity contribution is 0.198. The summed E-state index contributed by atoms with van der Waals surface area (Å²) in [5, 5.41) is 12.8. The van der Waals surface area contributed by atoms with E-state index < -0.39 is 0 Å². The van der Waals surface area contributed by atoms with Crippen molar-refractivity contribution in [1.82, 2.24) is 10.3 Å². The first kappa shape index (κ1) is 12.3. The molecule has 1 aliphatic heterocycles. The molecule has 1 fully saturated rings. The third-order valence-electron chi connectivity index (χ3n) is 3.15. The van der Waals surface area contributed by atoms with E-state index in [1.807, 2.05) is 6.20 Å². The van der Waals surface area contributed by atoms with Crippen LogP contribution in [-0.4, -0.2) is 35.8 Å². The Hall–Kier alpha value is -1.13. The van der Waals surface area contributed by atoms with Gasteiger partial charge in [-0.2, -0.15) is 0 Å². The number of pyridine rings is 1. The number of aliphatic hydroxyl groups excluding tert-OH is 1. The second-order valence-corrected chi connectivity index (χ2v) is 4.65. The van der Waals surface area contributed by atoms with E-state index in [2.05, 4.69) is 35.1 Å². The van der Waals surface area contributed by atoms with Gasteiger partial charge in [-0.05, 0) is 37.1 Å². The van der Waals surface area contributed by atoms with E-state index in [0.29, 0.717) is 6.54 Å². The van der Waals surface area contributed by atoms with Gasteiger partial charge >= 0.3 is 0 Å². The van der Waals surface area contributed by atoms with Crippen molar-refractivity contribution in [2.45, 2.75) is 32.9 Å². The van der Waals surface area contributed by atoms with Gasteiger partial charge in [0.05, 0.1) is 6.10 Å². The van der Waals surface area contributed by atoms with Crippen molar-refractivity contribution in [2.75, 3.05) is 24.5 Å². The molecule has 1 aromatic heterocycles. The maximum absolute atomic E-state index is 9.54. The number of hydrogen-bond donors (Lipinski definition) is 2. The molecule has 4 nitrogen and oxygen atoms in total. The van der Waals surface area contributed by atoms with E-state index in [9.17, 15) is 5.11 Å². The molecule has 0 saturated carbocycles. The number of aromatic nitrogens is 1. The topological polar surface area (TPSA) is 48.4 Å². The number of nitrogens with one attached hydrogen (secondary N) is 1. The lowest BCUT2D eigenvalue weighted by atomic mass is 10.2. The molecule has 0 aromatic carbocycles. The molecule has 1 aromatic rings. The van der Waals surface area contributed by atoms with Crippen molar-refractivity contribution >= 4 is 5.82 Å². The predicted octanol–water partition coefficient (Wildman–Crippen LogP) is 1.07. The molecule has 2 rings (SSSR count). The molecular weight excluding hydrogens is 214 g/mol. The maximum Gasteiger partial charge on any atom is 0.131 e. The Balaban J connectivity index is 2.08. The molecule has 94 valence electrons. The van der Waals surface area contributed by atoms with Crippen molar-refractivity contribution in [1.29, 1.82) is 0 Å². The van der Waals surface area contributed by atoms with E-state index in [0.717, 1.165) is 31.9 Å². The summed E-state index contributed by atoms with van der Waals surface area (Å²) in [6, 6.07) is 2.18. The van der Waals surface area contributed by atoms with Crippen molar-refractivity contribution in [3.8, 4) is 0 Å². The second kappa shape index (κ2) is 5.47. The number of nitrogens with zero attached hydrogens (tertiary/aromatic N) is 2. The van der Waals surface area contributed by atoms with E-state index in [-0.39, 0.29) is 6.10 Å². The summed E-state index contributed by atoms with van der Waals surface area (Å²) in [7, 11) is 0. The van der Waals surface area contributed by atoms with Crippen LogP contribution in [-0.2, 0) is 6.54 Å². The Kier molecular flexibility index (Phi) is 3.97. The zero-order valence-corrected chi connectivity index (χ0v) is 10.6. The van der Waals surface area contributed by atoms with Gasteiger partial charge < -0.3 is 15.3 Å². The highest BCUT2D eigenvalue weighted by molar-refractivity contribution is 5.48. The average Bonchev–Trinajstić information content (AvgIpc) is 2.73. The van der Waals surface area contributed by atoms with Gasteiger partial charge in [-0.25, -0.2) is 4.98 Å². The molecule has 0 aliphatic carbocycles. The molecule has 1 saturated heterocycles. The van der Waals surface area contributed by atoms with Gasteiger partial charge in [0.1, 0.15) is 5.82 Å². The van der Waals surface area contributed by atoms with Crippen molar-refractivity contribution in [2.24, 2.45) is 0 Å². The molecule has 2 N–H and O–H groups in total. The van der Waals surface area contributed by atoms with Crippen LogP contribution in [0.3, 0.4) is 0 Å². The first-order valence-electron chi connectivity index (χ1n) is 6.30. The molecule has 0 amide bonds. The molecule has 0 bridgehead atoms.